The van der Waals surface area contributed by atoms with Gasteiger partial charge in [0.2, 0.25) is 0 Å². The van der Waals surface area contributed by atoms with Crippen LogP contribution in [0, 0.1) is 0 Å². The summed E-state index contributed by atoms with van der Waals surface area (Å²) in [4.78, 5) is 0. The molecule has 0 spiro atoms. The van der Waals surface area contributed by atoms with Crippen LogP contribution in [0.4, 0.5) is 0 Å². The van der Waals surface area contributed by atoms with Crippen molar-refractivity contribution in [1.82, 2.24) is 15.2 Å². The topological polar surface area (TPSA) is 55.9 Å². The van der Waals surface area contributed by atoms with Gasteiger partial charge in [0.1, 0.15) is 0 Å². The van der Waals surface area contributed by atoms with Crippen LogP contribution in [0.2, 0.25) is 0 Å². The molecule has 1 heterocycles. The monoisotopic (exact) mass is 280 g/mol. The number of aromatic nitrogens is 2. The predicted octanol–water partition coefficient (Wildman–Crippen LogP) is 2.19. The highest BCUT2D eigenvalue weighted by Crippen LogP contribution is 2.19. The van der Waals surface area contributed by atoms with E-state index in [1.54, 1.807) is 0 Å². The van der Waals surface area contributed by atoms with Gasteiger partial charge in [-0.15, -0.1) is 0 Å². The number of rotatable bonds is 5. The Balaban J connectivity index is 1.83. The van der Waals surface area contributed by atoms with Crippen LogP contribution in [0.3, 0.4) is 0 Å². The normalized spacial score (nSPS) is 12.7. The van der Waals surface area contributed by atoms with E-state index >= 15 is 0 Å². The molecule has 0 aliphatic carbocycles. The Bertz CT molecular complexity index is 718. The fourth-order valence-corrected chi connectivity index (χ4v) is 2.76. The van der Waals surface area contributed by atoms with Crippen molar-refractivity contribution >= 4 is 10.9 Å². The molecule has 1 aromatic heterocycles. The van der Waals surface area contributed by atoms with Gasteiger partial charge in [-0.05, 0) is 18.1 Å². The van der Waals surface area contributed by atoms with E-state index in [0.717, 1.165) is 24.1 Å². The highest BCUT2D eigenvalue weighted by atomic mass is 15.3. The molecule has 0 bridgehead atoms. The maximum Gasteiger partial charge on any atom is 0.0719 e. The number of aryl methyl sites for hydroxylation is 1. The Kier molecular flexibility index (Phi) is 3.99. The summed E-state index contributed by atoms with van der Waals surface area (Å²) in [5.41, 5.74) is 6.45. The lowest BCUT2D eigenvalue weighted by Crippen LogP contribution is -2.38. The number of para-hydroxylation sites is 1. The van der Waals surface area contributed by atoms with E-state index < -0.39 is 0 Å². The minimum atomic E-state index is 0.172. The average Bonchev–Trinajstić information content (AvgIpc) is 2.84. The molecule has 0 aliphatic rings. The third kappa shape index (κ3) is 2.96. The molecule has 3 aromatic rings. The molecular weight excluding hydrogens is 260 g/mol. The fraction of sp³-hybridized carbons (Fsp3) is 0.235. The summed E-state index contributed by atoms with van der Waals surface area (Å²) in [6.45, 7) is 0. The molecular formula is C17H20N4. The molecule has 0 saturated heterocycles. The van der Waals surface area contributed by atoms with Crippen LogP contribution in [0.25, 0.3) is 10.9 Å². The van der Waals surface area contributed by atoms with Crippen molar-refractivity contribution in [2.45, 2.75) is 18.9 Å². The zero-order chi connectivity index (χ0) is 14.7. The number of fused-ring (bicyclic) bond motifs is 1. The summed E-state index contributed by atoms with van der Waals surface area (Å²) in [6.07, 6.45) is 1.70. The summed E-state index contributed by atoms with van der Waals surface area (Å²) in [5.74, 6) is 5.73. The van der Waals surface area contributed by atoms with Crippen molar-refractivity contribution in [3.63, 3.8) is 0 Å². The van der Waals surface area contributed by atoms with Gasteiger partial charge in [0, 0.05) is 24.9 Å². The molecule has 0 radical (unpaired) electrons. The van der Waals surface area contributed by atoms with Gasteiger partial charge in [-0.25, -0.2) is 0 Å². The van der Waals surface area contributed by atoms with Gasteiger partial charge in [-0.2, -0.15) is 5.10 Å². The molecule has 0 aliphatic heterocycles. The number of nitrogens with one attached hydrogen (secondary N) is 1. The van der Waals surface area contributed by atoms with Crippen LogP contribution >= 0.6 is 0 Å². The minimum absolute atomic E-state index is 0.172. The Morgan fingerprint density at radius 2 is 1.76 bits per heavy atom. The molecule has 2 aromatic carbocycles. The molecule has 4 heteroatoms. The summed E-state index contributed by atoms with van der Waals surface area (Å²) >= 11 is 0. The molecule has 0 saturated carbocycles. The maximum absolute atomic E-state index is 5.73. The minimum Gasteiger partial charge on any atom is -0.271 e. The average molecular weight is 280 g/mol. The van der Waals surface area contributed by atoms with Crippen molar-refractivity contribution < 1.29 is 0 Å². The van der Waals surface area contributed by atoms with Crippen LogP contribution in [-0.4, -0.2) is 15.8 Å². The van der Waals surface area contributed by atoms with Crippen LogP contribution in [-0.2, 0) is 19.9 Å². The van der Waals surface area contributed by atoms with E-state index in [2.05, 4.69) is 53.0 Å². The molecule has 4 nitrogen and oxygen atoms in total. The van der Waals surface area contributed by atoms with Crippen molar-refractivity contribution in [2.24, 2.45) is 12.9 Å². The summed E-state index contributed by atoms with van der Waals surface area (Å²) in [6, 6.07) is 18.9. The van der Waals surface area contributed by atoms with Crippen molar-refractivity contribution in [3.05, 3.63) is 65.9 Å². The molecule has 3 N–H and O–H groups in total. The zero-order valence-electron chi connectivity index (χ0n) is 12.2. The second kappa shape index (κ2) is 6.08. The quantitative estimate of drug-likeness (QED) is 0.556. The summed E-state index contributed by atoms with van der Waals surface area (Å²) < 4.78 is 1.93. The fourth-order valence-electron chi connectivity index (χ4n) is 2.76. The zero-order valence-corrected chi connectivity index (χ0v) is 12.2. The van der Waals surface area contributed by atoms with Crippen molar-refractivity contribution in [2.75, 3.05) is 0 Å². The van der Waals surface area contributed by atoms with Gasteiger partial charge in [0.25, 0.3) is 0 Å². The molecule has 0 amide bonds. The highest BCUT2D eigenvalue weighted by Gasteiger charge is 2.14. The number of benzene rings is 2. The van der Waals surface area contributed by atoms with E-state index in [1.165, 1.54) is 10.9 Å². The van der Waals surface area contributed by atoms with E-state index in [1.807, 2.05) is 23.9 Å². The van der Waals surface area contributed by atoms with E-state index in [9.17, 15) is 0 Å². The van der Waals surface area contributed by atoms with E-state index in [-0.39, 0.29) is 6.04 Å². The second-order valence-electron chi connectivity index (χ2n) is 5.34. The first-order valence-electron chi connectivity index (χ1n) is 7.18. The molecule has 21 heavy (non-hydrogen) atoms. The first-order chi connectivity index (χ1) is 10.3. The molecule has 1 unspecified atom stereocenters. The first kappa shape index (κ1) is 13.8. The SMILES string of the molecule is Cn1nc(CC(Cc2ccccc2)NN)c2ccccc21. The third-order valence-electron chi connectivity index (χ3n) is 3.83. The Morgan fingerprint density at radius 3 is 2.52 bits per heavy atom. The van der Waals surface area contributed by atoms with Gasteiger partial charge in [-0.1, -0.05) is 48.5 Å². The number of nitrogens with zero attached hydrogens (tertiary/aromatic N) is 2. The van der Waals surface area contributed by atoms with Gasteiger partial charge < -0.3 is 0 Å². The van der Waals surface area contributed by atoms with Crippen molar-refractivity contribution in [1.29, 1.82) is 0 Å². The standard InChI is InChI=1S/C17H20N4/c1-21-17-10-6-5-9-15(17)16(20-21)12-14(19-18)11-13-7-3-2-4-8-13/h2-10,14,19H,11-12,18H2,1H3. The number of hydrogen-bond donors (Lipinski definition) is 2. The van der Waals surface area contributed by atoms with Crippen LogP contribution in [0.5, 0.6) is 0 Å². The Hall–Kier alpha value is -2.17. The number of nitrogens with two attached hydrogens (primary N) is 1. The largest absolute Gasteiger partial charge is 0.271 e. The summed E-state index contributed by atoms with van der Waals surface area (Å²) in [7, 11) is 1.98. The number of hydrazine groups is 1. The lowest BCUT2D eigenvalue weighted by atomic mass is 10.0. The van der Waals surface area contributed by atoms with Gasteiger partial charge in [-0.3, -0.25) is 16.0 Å². The third-order valence-corrected chi connectivity index (χ3v) is 3.83. The Labute approximate surface area is 124 Å². The molecule has 0 fully saturated rings. The van der Waals surface area contributed by atoms with E-state index in [4.69, 9.17) is 5.84 Å². The first-order valence-corrected chi connectivity index (χ1v) is 7.18. The molecule has 1 atom stereocenters. The van der Waals surface area contributed by atoms with Crippen LogP contribution < -0.4 is 11.3 Å². The van der Waals surface area contributed by atoms with E-state index in [0.29, 0.717) is 0 Å². The molecule has 3 rings (SSSR count). The van der Waals surface area contributed by atoms with Gasteiger partial charge in [0.15, 0.2) is 0 Å². The van der Waals surface area contributed by atoms with Crippen molar-refractivity contribution in [3.8, 4) is 0 Å². The molecule has 108 valence electrons. The van der Waals surface area contributed by atoms with Gasteiger partial charge >= 0.3 is 0 Å². The van der Waals surface area contributed by atoms with Gasteiger partial charge in [0.05, 0.1) is 11.2 Å². The lowest BCUT2D eigenvalue weighted by Gasteiger charge is -2.14. The lowest BCUT2D eigenvalue weighted by molar-refractivity contribution is 0.515. The second-order valence-corrected chi connectivity index (χ2v) is 5.34. The highest BCUT2D eigenvalue weighted by molar-refractivity contribution is 5.81. The predicted molar refractivity (Wildman–Crippen MR) is 85.7 cm³/mol. The van der Waals surface area contributed by atoms with Crippen LogP contribution in [0.15, 0.2) is 54.6 Å². The number of hydrogen-bond acceptors (Lipinski definition) is 3. The van der Waals surface area contributed by atoms with Crippen LogP contribution in [0.1, 0.15) is 11.3 Å². The smallest absolute Gasteiger partial charge is 0.0719 e. The maximum atomic E-state index is 5.73. The Morgan fingerprint density at radius 1 is 1.05 bits per heavy atom. The summed E-state index contributed by atoms with van der Waals surface area (Å²) in [5, 5.41) is 5.84.